The van der Waals surface area contributed by atoms with Gasteiger partial charge in [0.1, 0.15) is 6.61 Å². The first kappa shape index (κ1) is 61.6. The van der Waals surface area contributed by atoms with Crippen molar-refractivity contribution in [3.63, 3.8) is 0 Å². The summed E-state index contributed by atoms with van der Waals surface area (Å²) in [5.41, 5.74) is 0. The molecular formula is C59H106O5. The van der Waals surface area contributed by atoms with Crippen molar-refractivity contribution >= 4 is 11.9 Å². The van der Waals surface area contributed by atoms with Crippen molar-refractivity contribution in [2.75, 3.05) is 19.8 Å². The number of hydrogen-bond acceptors (Lipinski definition) is 5. The Morgan fingerprint density at radius 3 is 1.14 bits per heavy atom. The van der Waals surface area contributed by atoms with Crippen LogP contribution in [0, 0.1) is 0 Å². The van der Waals surface area contributed by atoms with Gasteiger partial charge >= 0.3 is 11.9 Å². The van der Waals surface area contributed by atoms with Gasteiger partial charge in [0.25, 0.3) is 0 Å². The molecule has 1 unspecified atom stereocenters. The Morgan fingerprint density at radius 2 is 0.688 bits per heavy atom. The number of esters is 2. The lowest BCUT2D eigenvalue weighted by Gasteiger charge is -2.18. The van der Waals surface area contributed by atoms with E-state index >= 15 is 0 Å². The smallest absolute Gasteiger partial charge is 0.306 e. The van der Waals surface area contributed by atoms with Crippen molar-refractivity contribution in [1.29, 1.82) is 0 Å². The minimum atomic E-state index is -0.549. The number of carbonyl (C=O) groups excluding carboxylic acids is 2. The zero-order chi connectivity index (χ0) is 46.3. The van der Waals surface area contributed by atoms with Crippen LogP contribution in [-0.2, 0) is 23.8 Å². The summed E-state index contributed by atoms with van der Waals surface area (Å²) in [4.78, 5) is 25.5. The van der Waals surface area contributed by atoms with E-state index in [4.69, 9.17) is 14.2 Å². The van der Waals surface area contributed by atoms with Crippen LogP contribution in [0.1, 0.15) is 278 Å². The lowest BCUT2D eigenvalue weighted by Crippen LogP contribution is -2.30. The van der Waals surface area contributed by atoms with Crippen molar-refractivity contribution in [2.24, 2.45) is 0 Å². The summed E-state index contributed by atoms with van der Waals surface area (Å²) in [5, 5.41) is 0. The molecule has 0 heterocycles. The third-order valence-corrected chi connectivity index (χ3v) is 12.0. The summed E-state index contributed by atoms with van der Waals surface area (Å²) < 4.78 is 17.4. The molecule has 0 bridgehead atoms. The number of allylic oxidation sites excluding steroid dienone is 10. The van der Waals surface area contributed by atoms with Crippen molar-refractivity contribution in [1.82, 2.24) is 0 Å². The monoisotopic (exact) mass is 895 g/mol. The Kier molecular flexibility index (Phi) is 52.9. The van der Waals surface area contributed by atoms with Crippen LogP contribution in [0.15, 0.2) is 60.8 Å². The Balaban J connectivity index is 4.26. The van der Waals surface area contributed by atoms with E-state index in [9.17, 15) is 9.59 Å². The van der Waals surface area contributed by atoms with E-state index in [1.54, 1.807) is 0 Å². The van der Waals surface area contributed by atoms with Crippen LogP contribution in [0.3, 0.4) is 0 Å². The topological polar surface area (TPSA) is 61.8 Å². The van der Waals surface area contributed by atoms with E-state index in [-0.39, 0.29) is 25.2 Å². The summed E-state index contributed by atoms with van der Waals surface area (Å²) in [6.45, 7) is 7.73. The number of carbonyl (C=O) groups is 2. The molecule has 0 rings (SSSR count). The van der Waals surface area contributed by atoms with Gasteiger partial charge in [-0.1, -0.05) is 223 Å². The third-order valence-electron chi connectivity index (χ3n) is 12.0. The minimum absolute atomic E-state index is 0.0753. The van der Waals surface area contributed by atoms with Crippen molar-refractivity contribution in [3.05, 3.63) is 60.8 Å². The fraction of sp³-hybridized carbons (Fsp3) is 0.797. The van der Waals surface area contributed by atoms with E-state index in [1.807, 2.05) is 0 Å². The first-order chi connectivity index (χ1) is 31.6. The quantitative estimate of drug-likeness (QED) is 0.0346. The summed E-state index contributed by atoms with van der Waals surface area (Å²) in [6, 6.07) is 0. The number of rotatable bonds is 51. The molecule has 0 amide bonds. The fourth-order valence-corrected chi connectivity index (χ4v) is 7.81. The SMILES string of the molecule is CCC/C=C\C/C=C\CCCCCCCC(=O)OC(COCCCCCCCC/C=C\CCCCCCCC)COC(=O)CCCCCCCCCCC/C=C\C/C=C\CCCCC. The highest BCUT2D eigenvalue weighted by Crippen LogP contribution is 2.15. The maximum Gasteiger partial charge on any atom is 0.306 e. The van der Waals surface area contributed by atoms with Gasteiger partial charge in [-0.3, -0.25) is 9.59 Å². The van der Waals surface area contributed by atoms with Crippen LogP contribution >= 0.6 is 0 Å². The van der Waals surface area contributed by atoms with Crippen LogP contribution in [0.5, 0.6) is 0 Å². The van der Waals surface area contributed by atoms with Gasteiger partial charge in [-0.05, 0) is 103 Å². The maximum absolute atomic E-state index is 12.8. The van der Waals surface area contributed by atoms with Crippen LogP contribution in [0.2, 0.25) is 0 Å². The van der Waals surface area contributed by atoms with Gasteiger partial charge in [0, 0.05) is 19.4 Å². The zero-order valence-corrected chi connectivity index (χ0v) is 42.8. The Morgan fingerprint density at radius 1 is 0.344 bits per heavy atom. The molecule has 0 aromatic heterocycles. The highest BCUT2D eigenvalue weighted by molar-refractivity contribution is 5.70. The van der Waals surface area contributed by atoms with Crippen molar-refractivity contribution < 1.29 is 23.8 Å². The van der Waals surface area contributed by atoms with Gasteiger partial charge in [0.15, 0.2) is 6.10 Å². The van der Waals surface area contributed by atoms with Crippen LogP contribution in [-0.4, -0.2) is 37.9 Å². The molecule has 0 saturated carbocycles. The average molecular weight is 895 g/mol. The molecule has 0 spiro atoms. The molecule has 0 aliphatic heterocycles. The predicted molar refractivity (Wildman–Crippen MR) is 279 cm³/mol. The Bertz CT molecular complexity index is 1100. The third kappa shape index (κ3) is 52.2. The van der Waals surface area contributed by atoms with Crippen molar-refractivity contribution in [2.45, 2.75) is 284 Å². The second-order valence-electron chi connectivity index (χ2n) is 18.5. The van der Waals surface area contributed by atoms with E-state index in [1.165, 1.54) is 180 Å². The molecule has 0 saturated heterocycles. The van der Waals surface area contributed by atoms with Gasteiger partial charge in [-0.25, -0.2) is 0 Å². The molecule has 0 aromatic rings. The van der Waals surface area contributed by atoms with E-state index < -0.39 is 6.10 Å². The molecule has 64 heavy (non-hydrogen) atoms. The Labute approximate surface area is 398 Å². The summed E-state index contributed by atoms with van der Waals surface area (Å²) in [5.74, 6) is -0.413. The van der Waals surface area contributed by atoms with Crippen LogP contribution < -0.4 is 0 Å². The minimum Gasteiger partial charge on any atom is -0.462 e. The van der Waals surface area contributed by atoms with Crippen LogP contribution in [0.25, 0.3) is 0 Å². The second-order valence-corrected chi connectivity index (χ2v) is 18.5. The lowest BCUT2D eigenvalue weighted by molar-refractivity contribution is -0.163. The first-order valence-electron chi connectivity index (χ1n) is 27.8. The van der Waals surface area contributed by atoms with Crippen molar-refractivity contribution in [3.8, 4) is 0 Å². The fourth-order valence-electron chi connectivity index (χ4n) is 7.81. The largest absolute Gasteiger partial charge is 0.462 e. The standard InChI is InChI=1S/C59H106O5/c1-4-7-10-13-16-19-22-25-27-29-30-31-32-35-37-40-43-46-49-52-58(60)63-56-57(64-59(61)53-50-47-44-41-38-34-24-21-18-15-12-9-6-3)55-62-54-51-48-45-42-39-36-33-28-26-23-20-17-14-11-8-5-2/h12,15-16,19,21,24-28,57H,4-11,13-14,17-18,20,22-23,29-56H2,1-3H3/b15-12-,19-16-,24-21-,27-25-,28-26-. The number of ether oxygens (including phenoxy) is 3. The molecule has 0 radical (unpaired) electrons. The molecule has 0 aliphatic carbocycles. The van der Waals surface area contributed by atoms with Gasteiger partial charge in [0.2, 0.25) is 0 Å². The van der Waals surface area contributed by atoms with Crippen LogP contribution in [0.4, 0.5) is 0 Å². The molecule has 372 valence electrons. The highest BCUT2D eigenvalue weighted by Gasteiger charge is 2.17. The first-order valence-corrected chi connectivity index (χ1v) is 27.8. The number of unbranched alkanes of at least 4 members (excludes halogenated alkanes) is 30. The lowest BCUT2D eigenvalue weighted by atomic mass is 10.1. The number of hydrogen-bond donors (Lipinski definition) is 0. The maximum atomic E-state index is 12.8. The zero-order valence-electron chi connectivity index (χ0n) is 42.8. The molecule has 0 aliphatic rings. The molecule has 1 atom stereocenters. The second kappa shape index (κ2) is 54.9. The van der Waals surface area contributed by atoms with Gasteiger partial charge in [-0.15, -0.1) is 0 Å². The van der Waals surface area contributed by atoms with E-state index in [2.05, 4.69) is 81.5 Å². The van der Waals surface area contributed by atoms with E-state index in [0.29, 0.717) is 19.4 Å². The molecule has 0 fully saturated rings. The summed E-state index contributed by atoms with van der Waals surface area (Å²) in [7, 11) is 0. The van der Waals surface area contributed by atoms with Gasteiger partial charge in [-0.2, -0.15) is 0 Å². The van der Waals surface area contributed by atoms with Gasteiger partial charge in [0.05, 0.1) is 6.61 Å². The molecule has 5 nitrogen and oxygen atoms in total. The summed E-state index contributed by atoms with van der Waals surface area (Å²) in [6.07, 6.45) is 69.5. The molecule has 0 N–H and O–H groups in total. The molecule has 5 heteroatoms. The highest BCUT2D eigenvalue weighted by atomic mass is 16.6. The van der Waals surface area contributed by atoms with E-state index in [0.717, 1.165) is 64.2 Å². The Hall–Kier alpha value is -2.40. The molecular weight excluding hydrogens is 789 g/mol. The normalized spacial score (nSPS) is 12.6. The average Bonchev–Trinajstić information content (AvgIpc) is 3.30. The summed E-state index contributed by atoms with van der Waals surface area (Å²) >= 11 is 0. The molecule has 0 aromatic carbocycles. The predicted octanol–water partition coefficient (Wildman–Crippen LogP) is 18.9. The van der Waals surface area contributed by atoms with Gasteiger partial charge < -0.3 is 14.2 Å².